The summed E-state index contributed by atoms with van der Waals surface area (Å²) in [6.45, 7) is 9.40. The molecule has 1 N–H and O–H groups in total. The Bertz CT molecular complexity index is 621. The highest BCUT2D eigenvalue weighted by atomic mass is 15.1. The van der Waals surface area contributed by atoms with Crippen LogP contribution < -0.4 is 4.57 Å². The summed E-state index contributed by atoms with van der Waals surface area (Å²) in [6.07, 6.45) is 45.7. The molecule has 0 aliphatic heterocycles. The highest BCUT2D eigenvalue weighted by Crippen LogP contribution is 2.27. The van der Waals surface area contributed by atoms with Crippen LogP contribution in [0.4, 0.5) is 0 Å². The van der Waals surface area contributed by atoms with E-state index in [4.69, 9.17) is 0 Å². The van der Waals surface area contributed by atoms with Gasteiger partial charge in [0.1, 0.15) is 12.4 Å². The summed E-state index contributed by atoms with van der Waals surface area (Å²) >= 11 is 0. The van der Waals surface area contributed by atoms with E-state index in [0.717, 1.165) is 0 Å². The first-order valence-electron chi connectivity index (χ1n) is 18.8. The number of hydrogen-bond acceptors (Lipinski definition) is 0. The Hall–Kier alpha value is -0.790. The normalized spacial score (nSPS) is 13.2. The molecule has 0 saturated heterocycles. The van der Waals surface area contributed by atoms with E-state index in [2.05, 4.69) is 49.6 Å². The third-order valence-corrected chi connectivity index (χ3v) is 9.39. The van der Waals surface area contributed by atoms with Gasteiger partial charge >= 0.3 is 0 Å². The van der Waals surface area contributed by atoms with Crippen molar-refractivity contribution >= 4 is 0 Å². The Balaban J connectivity index is 2.40. The van der Waals surface area contributed by atoms with E-state index in [0.29, 0.717) is 12.0 Å². The third-order valence-electron chi connectivity index (χ3n) is 9.39. The number of imidazole rings is 1. The third kappa shape index (κ3) is 20.1. The predicted octanol–water partition coefficient (Wildman–Crippen LogP) is 13.3. The minimum atomic E-state index is 0.621. The molecular weight excluding hydrogens is 484 g/mol. The van der Waals surface area contributed by atoms with Gasteiger partial charge in [0, 0.05) is 0 Å². The van der Waals surface area contributed by atoms with Gasteiger partial charge in [-0.3, -0.25) is 0 Å². The summed E-state index contributed by atoms with van der Waals surface area (Å²) in [4.78, 5) is 3.73. The lowest BCUT2D eigenvalue weighted by Crippen LogP contribution is -2.41. The topological polar surface area (TPSA) is 19.7 Å². The molecule has 2 atom stereocenters. The van der Waals surface area contributed by atoms with E-state index in [1.165, 1.54) is 192 Å². The number of nitrogens with one attached hydrogen (secondary N) is 1. The number of hydrogen-bond donors (Lipinski definition) is 1. The molecule has 0 aromatic carbocycles. The maximum atomic E-state index is 3.73. The second-order valence-corrected chi connectivity index (χ2v) is 13.3. The Morgan fingerprint density at radius 3 is 1.18 bits per heavy atom. The average molecular weight is 560 g/mol. The maximum absolute atomic E-state index is 3.73. The summed E-state index contributed by atoms with van der Waals surface area (Å²) in [6, 6.07) is 0.621. The molecule has 2 heteroatoms. The molecule has 1 aromatic rings. The lowest BCUT2D eigenvalue weighted by atomic mass is 9.92. The summed E-state index contributed by atoms with van der Waals surface area (Å²) < 4.78 is 2.63. The van der Waals surface area contributed by atoms with Crippen molar-refractivity contribution in [3.05, 3.63) is 18.2 Å². The second kappa shape index (κ2) is 28.3. The molecule has 0 fully saturated rings. The van der Waals surface area contributed by atoms with Crippen molar-refractivity contribution in [2.75, 3.05) is 0 Å². The quantitative estimate of drug-likeness (QED) is 0.0689. The van der Waals surface area contributed by atoms with Crippen LogP contribution in [-0.2, 0) is 0 Å². The molecule has 0 aliphatic rings. The lowest BCUT2D eigenvalue weighted by Gasteiger charge is -2.17. The van der Waals surface area contributed by atoms with E-state index < -0.39 is 0 Å². The molecular formula is C38H75N2+. The minimum Gasteiger partial charge on any atom is -0.247 e. The van der Waals surface area contributed by atoms with E-state index in [9.17, 15) is 0 Å². The first-order chi connectivity index (χ1) is 19.7. The van der Waals surface area contributed by atoms with Gasteiger partial charge in [-0.1, -0.05) is 181 Å². The molecule has 1 heterocycles. The molecule has 236 valence electrons. The molecule has 1 aromatic heterocycles. The summed E-state index contributed by atoms with van der Waals surface area (Å²) in [5, 5.41) is 0. The van der Waals surface area contributed by atoms with Crippen LogP contribution in [-0.4, -0.2) is 4.98 Å². The molecule has 0 spiro atoms. The standard InChI is InChI=1S/C38H74N2/c1-5-8-11-14-17-18-19-20-21-22-24-27-30-33-37(32-29-26-23-15-12-9-6-2)38-39-34-35-40(38)36(4)31-28-25-16-13-10-7-3/h34-37H,5-33H2,1-4H3/p+1. The van der Waals surface area contributed by atoms with Gasteiger partial charge in [-0.15, -0.1) is 0 Å². The van der Waals surface area contributed by atoms with E-state index in [1.807, 2.05) is 0 Å². The van der Waals surface area contributed by atoms with Crippen molar-refractivity contribution < 1.29 is 4.57 Å². The van der Waals surface area contributed by atoms with Crippen molar-refractivity contribution in [3.63, 3.8) is 0 Å². The van der Waals surface area contributed by atoms with Crippen molar-refractivity contribution in [3.8, 4) is 0 Å². The monoisotopic (exact) mass is 560 g/mol. The first kappa shape index (κ1) is 37.2. The van der Waals surface area contributed by atoms with Crippen LogP contribution >= 0.6 is 0 Å². The van der Waals surface area contributed by atoms with Gasteiger partial charge in [0.05, 0.1) is 12.0 Å². The predicted molar refractivity (Wildman–Crippen MR) is 179 cm³/mol. The van der Waals surface area contributed by atoms with Gasteiger partial charge in [-0.25, -0.2) is 9.55 Å². The Kier molecular flexibility index (Phi) is 26.4. The van der Waals surface area contributed by atoms with E-state index in [-0.39, 0.29) is 0 Å². The summed E-state index contributed by atoms with van der Waals surface area (Å²) in [5.74, 6) is 2.24. The Morgan fingerprint density at radius 2 is 0.800 bits per heavy atom. The lowest BCUT2D eigenvalue weighted by molar-refractivity contribution is -0.727. The fraction of sp³-hybridized carbons (Fsp3) is 0.921. The van der Waals surface area contributed by atoms with Crippen LogP contribution in [0.15, 0.2) is 12.4 Å². The Labute approximate surface area is 253 Å². The van der Waals surface area contributed by atoms with Crippen molar-refractivity contribution in [1.29, 1.82) is 0 Å². The van der Waals surface area contributed by atoms with Gasteiger partial charge in [-0.2, -0.15) is 0 Å². The number of nitrogens with zero attached hydrogens (tertiary/aromatic N) is 1. The average Bonchev–Trinajstić information content (AvgIpc) is 3.45. The van der Waals surface area contributed by atoms with Gasteiger partial charge in [0.2, 0.25) is 0 Å². The highest BCUT2D eigenvalue weighted by Gasteiger charge is 2.25. The minimum absolute atomic E-state index is 0.621. The molecule has 0 amide bonds. The van der Waals surface area contributed by atoms with Crippen molar-refractivity contribution in [2.45, 2.75) is 226 Å². The fourth-order valence-electron chi connectivity index (χ4n) is 6.60. The van der Waals surface area contributed by atoms with Crippen molar-refractivity contribution in [2.24, 2.45) is 0 Å². The van der Waals surface area contributed by atoms with Crippen LogP contribution in [0.3, 0.4) is 0 Å². The zero-order valence-electron chi connectivity index (χ0n) is 28.3. The molecule has 0 aliphatic carbocycles. The molecule has 0 saturated carbocycles. The number of aromatic amines is 1. The number of aromatic nitrogens is 2. The van der Waals surface area contributed by atoms with E-state index in [1.54, 1.807) is 0 Å². The summed E-state index contributed by atoms with van der Waals surface area (Å²) in [7, 11) is 0. The van der Waals surface area contributed by atoms with Gasteiger partial charge in [-0.05, 0) is 32.6 Å². The molecule has 2 nitrogen and oxygen atoms in total. The number of H-pyrrole nitrogens is 1. The SMILES string of the molecule is CCCCCCCCCCCCCCCC(CCCCCCCCC)c1[nH]cc[n+]1C(C)CCCCCCCC. The molecule has 2 unspecified atom stereocenters. The second-order valence-electron chi connectivity index (χ2n) is 13.3. The van der Waals surface area contributed by atoms with Gasteiger partial charge in [0.25, 0.3) is 5.82 Å². The first-order valence-corrected chi connectivity index (χ1v) is 18.8. The van der Waals surface area contributed by atoms with Crippen molar-refractivity contribution in [1.82, 2.24) is 4.98 Å². The van der Waals surface area contributed by atoms with Crippen LogP contribution in [0.2, 0.25) is 0 Å². The largest absolute Gasteiger partial charge is 0.257 e. The number of unbranched alkanes of at least 4 members (excludes halogenated alkanes) is 23. The van der Waals surface area contributed by atoms with Crippen LogP contribution in [0.25, 0.3) is 0 Å². The molecule has 1 rings (SSSR count). The number of rotatable bonds is 31. The zero-order valence-corrected chi connectivity index (χ0v) is 28.3. The Morgan fingerprint density at radius 1 is 0.475 bits per heavy atom. The molecule has 40 heavy (non-hydrogen) atoms. The van der Waals surface area contributed by atoms with Gasteiger partial charge < -0.3 is 0 Å². The zero-order chi connectivity index (χ0) is 28.9. The van der Waals surface area contributed by atoms with Gasteiger partial charge in [0.15, 0.2) is 0 Å². The van der Waals surface area contributed by atoms with Crippen LogP contribution in [0.1, 0.15) is 232 Å². The maximum Gasteiger partial charge on any atom is 0.257 e. The van der Waals surface area contributed by atoms with E-state index >= 15 is 0 Å². The summed E-state index contributed by atoms with van der Waals surface area (Å²) in [5.41, 5.74) is 0. The molecule has 0 radical (unpaired) electrons. The molecule has 0 bridgehead atoms. The smallest absolute Gasteiger partial charge is 0.247 e. The highest BCUT2D eigenvalue weighted by molar-refractivity contribution is 4.90. The van der Waals surface area contributed by atoms with Crippen LogP contribution in [0.5, 0.6) is 0 Å². The fourth-order valence-corrected chi connectivity index (χ4v) is 6.60. The van der Waals surface area contributed by atoms with Crippen LogP contribution in [0, 0.1) is 0 Å².